The summed E-state index contributed by atoms with van der Waals surface area (Å²) in [5.41, 5.74) is 5.56. The van der Waals surface area contributed by atoms with Crippen LogP contribution in [0.3, 0.4) is 0 Å². The maximum absolute atomic E-state index is 12.7. The van der Waals surface area contributed by atoms with E-state index in [1.165, 1.54) is 32.1 Å². The van der Waals surface area contributed by atoms with Crippen molar-refractivity contribution < 1.29 is 19.4 Å². The molecule has 0 bridgehead atoms. The summed E-state index contributed by atoms with van der Waals surface area (Å²) in [4.78, 5) is 25.9. The third kappa shape index (κ3) is 6.72. The highest BCUT2D eigenvalue weighted by atomic mass is 16.5. The molecule has 2 aliphatic rings. The predicted molar refractivity (Wildman–Crippen MR) is 111 cm³/mol. The molecule has 1 saturated heterocycles. The average molecular weight is 404 g/mol. The minimum Gasteiger partial charge on any atom is -0.484 e. The zero-order valence-corrected chi connectivity index (χ0v) is 17.0. The van der Waals surface area contributed by atoms with Crippen molar-refractivity contribution in [1.29, 1.82) is 0 Å². The number of benzene rings is 1. The number of carbonyl (C=O) groups excluding carboxylic acids is 2. The molecule has 0 unspecified atom stereocenters. The van der Waals surface area contributed by atoms with Gasteiger partial charge in [-0.1, -0.05) is 19.3 Å². The van der Waals surface area contributed by atoms with Gasteiger partial charge in [0.1, 0.15) is 5.75 Å². The first-order valence-corrected chi connectivity index (χ1v) is 10.7. The molecule has 160 valence electrons. The predicted octanol–water partition coefficient (Wildman–Crippen LogP) is 1.69. The van der Waals surface area contributed by atoms with Gasteiger partial charge in [0.05, 0.1) is 12.1 Å². The SMILES string of the molecule is NC(=O)COc1ccc(C(=O)N[C@H]2CN(CC3CCCCC3)CCC[C@H]2O)cc1. The van der Waals surface area contributed by atoms with Crippen LogP contribution in [0, 0.1) is 5.92 Å². The fourth-order valence-electron chi connectivity index (χ4n) is 4.37. The fourth-order valence-corrected chi connectivity index (χ4v) is 4.37. The molecule has 0 aromatic heterocycles. The second kappa shape index (κ2) is 10.6. The monoisotopic (exact) mass is 403 g/mol. The van der Waals surface area contributed by atoms with Crippen LogP contribution in [0.2, 0.25) is 0 Å². The molecule has 2 atom stereocenters. The Kier molecular flexibility index (Phi) is 7.89. The van der Waals surface area contributed by atoms with Gasteiger partial charge >= 0.3 is 0 Å². The van der Waals surface area contributed by atoms with Gasteiger partial charge in [-0.25, -0.2) is 0 Å². The van der Waals surface area contributed by atoms with Crippen LogP contribution in [-0.4, -0.2) is 60.2 Å². The topological polar surface area (TPSA) is 105 Å². The van der Waals surface area contributed by atoms with E-state index in [0.717, 1.165) is 25.4 Å². The van der Waals surface area contributed by atoms with Crippen LogP contribution in [0.25, 0.3) is 0 Å². The van der Waals surface area contributed by atoms with Gasteiger partial charge in [-0.3, -0.25) is 9.59 Å². The lowest BCUT2D eigenvalue weighted by atomic mass is 9.89. The van der Waals surface area contributed by atoms with Crippen LogP contribution in [0.1, 0.15) is 55.3 Å². The summed E-state index contributed by atoms with van der Waals surface area (Å²) in [5, 5.41) is 13.5. The normalized spacial score (nSPS) is 23.9. The Morgan fingerprint density at radius 1 is 1.10 bits per heavy atom. The first-order chi connectivity index (χ1) is 14.0. The van der Waals surface area contributed by atoms with Gasteiger partial charge in [0.25, 0.3) is 11.8 Å². The molecule has 1 aliphatic heterocycles. The van der Waals surface area contributed by atoms with Crippen molar-refractivity contribution in [2.24, 2.45) is 11.7 Å². The number of ether oxygens (including phenoxy) is 1. The van der Waals surface area contributed by atoms with E-state index in [4.69, 9.17) is 10.5 Å². The number of nitrogens with two attached hydrogens (primary N) is 1. The number of nitrogens with zero attached hydrogens (tertiary/aromatic N) is 1. The molecule has 0 radical (unpaired) electrons. The van der Waals surface area contributed by atoms with Crippen molar-refractivity contribution in [2.75, 3.05) is 26.2 Å². The van der Waals surface area contributed by atoms with Gasteiger partial charge in [-0.05, 0) is 62.4 Å². The Bertz CT molecular complexity index is 673. The van der Waals surface area contributed by atoms with E-state index in [-0.39, 0.29) is 18.6 Å². The lowest BCUT2D eigenvalue weighted by molar-refractivity contribution is -0.119. The van der Waals surface area contributed by atoms with E-state index in [1.807, 2.05) is 0 Å². The summed E-state index contributed by atoms with van der Waals surface area (Å²) in [6, 6.07) is 6.29. The molecular weight excluding hydrogens is 370 g/mol. The van der Waals surface area contributed by atoms with E-state index in [0.29, 0.717) is 24.3 Å². The standard InChI is InChI=1S/C22H33N3O4/c23-21(27)15-29-18-10-8-17(9-11-18)22(28)24-19-14-25(12-4-7-20(19)26)13-16-5-2-1-3-6-16/h8-11,16,19-20,26H,1-7,12-15H2,(H2,23,27)(H,24,28)/t19-,20+/m0/s1. The third-order valence-corrected chi connectivity index (χ3v) is 5.95. The lowest BCUT2D eigenvalue weighted by Gasteiger charge is -2.31. The van der Waals surface area contributed by atoms with Gasteiger partial charge in [0.15, 0.2) is 6.61 Å². The second-order valence-corrected chi connectivity index (χ2v) is 8.33. The van der Waals surface area contributed by atoms with Crippen LogP contribution in [-0.2, 0) is 4.79 Å². The van der Waals surface area contributed by atoms with E-state index >= 15 is 0 Å². The number of amides is 2. The highest BCUT2D eigenvalue weighted by molar-refractivity contribution is 5.94. The summed E-state index contributed by atoms with van der Waals surface area (Å²) in [6.07, 6.45) is 7.69. The molecule has 3 rings (SSSR count). The van der Waals surface area contributed by atoms with Gasteiger partial charge < -0.3 is 25.8 Å². The molecule has 7 nitrogen and oxygen atoms in total. The summed E-state index contributed by atoms with van der Waals surface area (Å²) in [6.45, 7) is 2.52. The molecule has 7 heteroatoms. The molecule has 2 fully saturated rings. The first-order valence-electron chi connectivity index (χ1n) is 10.7. The van der Waals surface area contributed by atoms with Crippen LogP contribution in [0.4, 0.5) is 0 Å². The minimum absolute atomic E-state index is 0.198. The molecule has 1 aromatic rings. The molecule has 29 heavy (non-hydrogen) atoms. The number of hydrogen-bond donors (Lipinski definition) is 3. The van der Waals surface area contributed by atoms with Crippen molar-refractivity contribution in [2.45, 2.75) is 57.1 Å². The van der Waals surface area contributed by atoms with E-state index < -0.39 is 12.0 Å². The van der Waals surface area contributed by atoms with E-state index in [9.17, 15) is 14.7 Å². The van der Waals surface area contributed by atoms with Gasteiger partial charge in [0.2, 0.25) is 0 Å². The van der Waals surface area contributed by atoms with Crippen molar-refractivity contribution in [3.8, 4) is 5.75 Å². The Labute approximate surface area is 172 Å². The molecule has 1 saturated carbocycles. The molecule has 1 aliphatic carbocycles. The third-order valence-electron chi connectivity index (χ3n) is 5.95. The molecular formula is C22H33N3O4. The largest absolute Gasteiger partial charge is 0.484 e. The average Bonchev–Trinajstić information content (AvgIpc) is 2.88. The quantitative estimate of drug-likeness (QED) is 0.643. The summed E-state index contributed by atoms with van der Waals surface area (Å²) < 4.78 is 5.22. The van der Waals surface area contributed by atoms with E-state index in [2.05, 4.69) is 10.2 Å². The van der Waals surface area contributed by atoms with Gasteiger partial charge in [-0.2, -0.15) is 0 Å². The number of aliphatic hydroxyl groups excluding tert-OH is 1. The number of carbonyl (C=O) groups is 2. The summed E-state index contributed by atoms with van der Waals surface area (Å²) in [5.74, 6) is 0.457. The van der Waals surface area contributed by atoms with Crippen molar-refractivity contribution in [1.82, 2.24) is 10.2 Å². The zero-order chi connectivity index (χ0) is 20.6. The molecule has 4 N–H and O–H groups in total. The van der Waals surface area contributed by atoms with Crippen molar-refractivity contribution in [3.05, 3.63) is 29.8 Å². The first kappa shape index (κ1) is 21.6. The number of nitrogens with one attached hydrogen (secondary N) is 1. The maximum Gasteiger partial charge on any atom is 0.255 e. The minimum atomic E-state index is -0.549. The highest BCUT2D eigenvalue weighted by Gasteiger charge is 2.28. The van der Waals surface area contributed by atoms with Crippen LogP contribution >= 0.6 is 0 Å². The van der Waals surface area contributed by atoms with Gasteiger partial charge in [0, 0.05) is 18.7 Å². The number of aliphatic hydroxyl groups is 1. The smallest absolute Gasteiger partial charge is 0.255 e. The summed E-state index contributed by atoms with van der Waals surface area (Å²) >= 11 is 0. The Balaban J connectivity index is 1.55. The molecule has 1 aromatic carbocycles. The number of hydrogen-bond acceptors (Lipinski definition) is 5. The Hall–Kier alpha value is -2.12. The highest BCUT2D eigenvalue weighted by Crippen LogP contribution is 2.25. The maximum atomic E-state index is 12.7. The van der Waals surface area contributed by atoms with Crippen molar-refractivity contribution >= 4 is 11.8 Å². The zero-order valence-electron chi connectivity index (χ0n) is 17.0. The number of primary amides is 1. The molecule has 2 amide bonds. The lowest BCUT2D eigenvalue weighted by Crippen LogP contribution is -2.49. The molecule has 1 heterocycles. The van der Waals surface area contributed by atoms with Crippen LogP contribution < -0.4 is 15.8 Å². The van der Waals surface area contributed by atoms with Gasteiger partial charge in [-0.15, -0.1) is 0 Å². The Morgan fingerprint density at radius 2 is 1.83 bits per heavy atom. The van der Waals surface area contributed by atoms with E-state index in [1.54, 1.807) is 24.3 Å². The number of rotatable bonds is 7. The number of likely N-dealkylation sites (tertiary alicyclic amines) is 1. The summed E-state index contributed by atoms with van der Waals surface area (Å²) in [7, 11) is 0. The van der Waals surface area contributed by atoms with Crippen LogP contribution in [0.15, 0.2) is 24.3 Å². The fraction of sp³-hybridized carbons (Fsp3) is 0.636. The second-order valence-electron chi connectivity index (χ2n) is 8.33. The van der Waals surface area contributed by atoms with Crippen molar-refractivity contribution in [3.63, 3.8) is 0 Å². The van der Waals surface area contributed by atoms with Crippen LogP contribution in [0.5, 0.6) is 5.75 Å². The Morgan fingerprint density at radius 3 is 2.52 bits per heavy atom. The molecule has 0 spiro atoms.